The molecule has 0 aromatic carbocycles. The number of rotatable bonds is 3. The number of aromatic nitrogens is 2. The fraction of sp³-hybridized carbons (Fsp3) is 0.667. The Hall–Kier alpha value is -1.13. The molecule has 2 aliphatic rings. The van der Waals surface area contributed by atoms with E-state index in [9.17, 15) is 5.11 Å². The molecule has 4 heteroatoms. The number of aliphatic hydroxyl groups excluding tert-OH is 1. The van der Waals surface area contributed by atoms with Crippen LogP contribution in [0.1, 0.15) is 24.6 Å². The SMILES string of the molecule is CCCN1CC(CO)=C[C@H]2Cc3c(cnn3C)C[C@@H]21. The molecule has 2 heterocycles. The van der Waals surface area contributed by atoms with Crippen LogP contribution in [-0.2, 0) is 19.9 Å². The zero-order valence-corrected chi connectivity index (χ0v) is 11.8. The number of hydrogen-bond acceptors (Lipinski definition) is 3. The molecule has 0 spiro atoms. The van der Waals surface area contributed by atoms with Gasteiger partial charge in [0.1, 0.15) is 0 Å². The van der Waals surface area contributed by atoms with Crippen molar-refractivity contribution in [2.75, 3.05) is 19.7 Å². The van der Waals surface area contributed by atoms with E-state index in [0.29, 0.717) is 12.0 Å². The van der Waals surface area contributed by atoms with Crippen molar-refractivity contribution in [1.82, 2.24) is 14.7 Å². The van der Waals surface area contributed by atoms with Crippen LogP contribution in [-0.4, -0.2) is 45.5 Å². The molecular formula is C15H23N3O. The van der Waals surface area contributed by atoms with E-state index in [0.717, 1.165) is 25.9 Å². The third-order valence-electron chi connectivity index (χ3n) is 4.54. The Kier molecular flexibility index (Phi) is 3.46. The van der Waals surface area contributed by atoms with E-state index >= 15 is 0 Å². The molecule has 0 amide bonds. The van der Waals surface area contributed by atoms with Crippen molar-refractivity contribution >= 4 is 0 Å². The first-order chi connectivity index (χ1) is 9.22. The first-order valence-electron chi connectivity index (χ1n) is 7.27. The molecule has 19 heavy (non-hydrogen) atoms. The molecule has 3 rings (SSSR count). The standard InChI is InChI=1S/C15H23N3O/c1-3-4-18-9-11(10-19)5-12-6-14-13(7-15(12)18)8-16-17(14)2/h5,8,12,15,19H,3-4,6-7,9-10H2,1-2H3/t12-,15-/m0/s1. The Morgan fingerprint density at radius 2 is 2.26 bits per heavy atom. The monoisotopic (exact) mass is 261 g/mol. The van der Waals surface area contributed by atoms with Gasteiger partial charge in [0, 0.05) is 25.3 Å². The maximum Gasteiger partial charge on any atom is 0.0654 e. The Balaban J connectivity index is 1.91. The molecule has 0 unspecified atom stereocenters. The van der Waals surface area contributed by atoms with E-state index in [4.69, 9.17) is 0 Å². The van der Waals surface area contributed by atoms with Crippen LogP contribution in [0.4, 0.5) is 0 Å². The van der Waals surface area contributed by atoms with E-state index in [1.54, 1.807) is 0 Å². The normalized spacial score (nSPS) is 26.8. The highest BCUT2D eigenvalue weighted by Gasteiger charge is 2.35. The Bertz CT molecular complexity index is 492. The maximum absolute atomic E-state index is 9.46. The Morgan fingerprint density at radius 3 is 3.00 bits per heavy atom. The summed E-state index contributed by atoms with van der Waals surface area (Å²) in [6, 6.07) is 0.590. The molecule has 1 aromatic heterocycles. The van der Waals surface area contributed by atoms with E-state index in [1.165, 1.54) is 23.3 Å². The summed E-state index contributed by atoms with van der Waals surface area (Å²) in [4.78, 5) is 2.55. The molecule has 2 atom stereocenters. The third kappa shape index (κ3) is 2.23. The summed E-state index contributed by atoms with van der Waals surface area (Å²) in [5.41, 5.74) is 3.96. The van der Waals surface area contributed by atoms with Gasteiger partial charge in [-0.2, -0.15) is 5.10 Å². The van der Waals surface area contributed by atoms with Gasteiger partial charge in [-0.05, 0) is 42.9 Å². The van der Waals surface area contributed by atoms with Gasteiger partial charge in [0.05, 0.1) is 12.8 Å². The number of nitrogens with zero attached hydrogens (tertiary/aromatic N) is 3. The zero-order chi connectivity index (χ0) is 13.4. The van der Waals surface area contributed by atoms with Crippen molar-refractivity contribution in [3.8, 4) is 0 Å². The van der Waals surface area contributed by atoms with Gasteiger partial charge < -0.3 is 5.11 Å². The minimum absolute atomic E-state index is 0.196. The zero-order valence-electron chi connectivity index (χ0n) is 11.8. The minimum atomic E-state index is 0.196. The first kappa shape index (κ1) is 12.9. The highest BCUT2D eigenvalue weighted by Crippen LogP contribution is 2.33. The van der Waals surface area contributed by atoms with Crippen molar-refractivity contribution < 1.29 is 5.11 Å². The molecule has 4 nitrogen and oxygen atoms in total. The van der Waals surface area contributed by atoms with Crippen LogP contribution in [0.3, 0.4) is 0 Å². The lowest BCUT2D eigenvalue weighted by molar-refractivity contribution is 0.140. The summed E-state index contributed by atoms with van der Waals surface area (Å²) in [5, 5.41) is 13.9. The summed E-state index contributed by atoms with van der Waals surface area (Å²) >= 11 is 0. The van der Waals surface area contributed by atoms with Crippen molar-refractivity contribution in [3.63, 3.8) is 0 Å². The average molecular weight is 261 g/mol. The lowest BCUT2D eigenvalue weighted by Gasteiger charge is -2.42. The van der Waals surface area contributed by atoms with Gasteiger partial charge in [-0.15, -0.1) is 0 Å². The summed E-state index contributed by atoms with van der Waals surface area (Å²) in [6.45, 7) is 4.47. The number of aryl methyl sites for hydroxylation is 1. The van der Waals surface area contributed by atoms with Crippen LogP contribution >= 0.6 is 0 Å². The highest BCUT2D eigenvalue weighted by molar-refractivity contribution is 5.28. The van der Waals surface area contributed by atoms with Crippen molar-refractivity contribution in [2.24, 2.45) is 13.0 Å². The van der Waals surface area contributed by atoms with E-state index < -0.39 is 0 Å². The molecule has 104 valence electrons. The van der Waals surface area contributed by atoms with E-state index in [1.807, 2.05) is 17.9 Å². The number of aliphatic hydroxyl groups is 1. The summed E-state index contributed by atoms with van der Waals surface area (Å²) in [6.07, 6.45) is 7.67. The van der Waals surface area contributed by atoms with Crippen molar-refractivity contribution in [3.05, 3.63) is 29.1 Å². The summed E-state index contributed by atoms with van der Waals surface area (Å²) < 4.78 is 2.01. The first-order valence-corrected chi connectivity index (χ1v) is 7.27. The average Bonchev–Trinajstić information content (AvgIpc) is 2.78. The lowest BCUT2D eigenvalue weighted by Crippen LogP contribution is -2.49. The fourth-order valence-electron chi connectivity index (χ4n) is 3.62. The van der Waals surface area contributed by atoms with Crippen LogP contribution in [0.25, 0.3) is 0 Å². The molecular weight excluding hydrogens is 238 g/mol. The molecule has 0 saturated carbocycles. The molecule has 0 bridgehead atoms. The third-order valence-corrected chi connectivity index (χ3v) is 4.54. The quantitative estimate of drug-likeness (QED) is 0.830. The van der Waals surface area contributed by atoms with Gasteiger partial charge in [-0.1, -0.05) is 13.0 Å². The van der Waals surface area contributed by atoms with Crippen LogP contribution < -0.4 is 0 Å². The Morgan fingerprint density at radius 1 is 1.42 bits per heavy atom. The predicted octanol–water partition coefficient (Wildman–Crippen LogP) is 1.15. The second-order valence-corrected chi connectivity index (χ2v) is 5.83. The van der Waals surface area contributed by atoms with Gasteiger partial charge in [0.25, 0.3) is 0 Å². The van der Waals surface area contributed by atoms with Gasteiger partial charge >= 0.3 is 0 Å². The molecule has 1 aromatic rings. The maximum atomic E-state index is 9.46. The molecule has 1 aliphatic carbocycles. The molecule has 0 radical (unpaired) electrons. The summed E-state index contributed by atoms with van der Waals surface area (Å²) in [7, 11) is 2.03. The second-order valence-electron chi connectivity index (χ2n) is 5.83. The number of fused-ring (bicyclic) bond motifs is 2. The van der Waals surface area contributed by atoms with Gasteiger partial charge in [0.15, 0.2) is 0 Å². The van der Waals surface area contributed by atoms with E-state index in [-0.39, 0.29) is 6.61 Å². The van der Waals surface area contributed by atoms with Crippen LogP contribution in [0, 0.1) is 5.92 Å². The van der Waals surface area contributed by atoms with Crippen molar-refractivity contribution in [1.29, 1.82) is 0 Å². The topological polar surface area (TPSA) is 41.3 Å². The second kappa shape index (κ2) is 5.10. The minimum Gasteiger partial charge on any atom is -0.392 e. The molecule has 1 N–H and O–H groups in total. The van der Waals surface area contributed by atoms with Crippen LogP contribution in [0.2, 0.25) is 0 Å². The largest absolute Gasteiger partial charge is 0.392 e. The molecule has 0 saturated heterocycles. The van der Waals surface area contributed by atoms with Gasteiger partial charge in [-0.3, -0.25) is 9.58 Å². The van der Waals surface area contributed by atoms with Crippen LogP contribution in [0.15, 0.2) is 17.8 Å². The van der Waals surface area contributed by atoms with Gasteiger partial charge in [-0.25, -0.2) is 0 Å². The van der Waals surface area contributed by atoms with Crippen LogP contribution in [0.5, 0.6) is 0 Å². The lowest BCUT2D eigenvalue weighted by atomic mass is 9.79. The fourth-order valence-corrected chi connectivity index (χ4v) is 3.62. The summed E-state index contributed by atoms with van der Waals surface area (Å²) in [5.74, 6) is 0.533. The van der Waals surface area contributed by atoms with Crippen molar-refractivity contribution in [2.45, 2.75) is 32.2 Å². The predicted molar refractivity (Wildman–Crippen MR) is 74.9 cm³/mol. The smallest absolute Gasteiger partial charge is 0.0654 e. The highest BCUT2D eigenvalue weighted by atomic mass is 16.3. The Labute approximate surface area is 114 Å². The number of hydrogen-bond donors (Lipinski definition) is 1. The molecule has 0 fully saturated rings. The molecule has 1 aliphatic heterocycles. The van der Waals surface area contributed by atoms with Gasteiger partial charge in [0.2, 0.25) is 0 Å². The van der Waals surface area contributed by atoms with E-state index in [2.05, 4.69) is 23.0 Å².